The quantitative estimate of drug-likeness (QED) is 0.837. The highest BCUT2D eigenvalue weighted by Gasteiger charge is 2.05. The van der Waals surface area contributed by atoms with Crippen molar-refractivity contribution in [2.24, 2.45) is 7.05 Å². The van der Waals surface area contributed by atoms with Crippen molar-refractivity contribution in [1.82, 2.24) is 19.3 Å². The maximum absolute atomic E-state index is 5.82. The summed E-state index contributed by atoms with van der Waals surface area (Å²) in [5.41, 5.74) is 6.77. The molecule has 0 saturated heterocycles. The average Bonchev–Trinajstić information content (AvgIpc) is 2.67. The Hall–Kier alpha value is -1.05. The molecule has 2 aromatic heterocycles. The highest BCUT2D eigenvalue weighted by molar-refractivity contribution is 14.1. The number of imidazole rings is 1. The summed E-state index contributed by atoms with van der Waals surface area (Å²) in [6.07, 6.45) is 5.47. The van der Waals surface area contributed by atoms with Gasteiger partial charge >= 0.3 is 0 Å². The second-order valence-corrected chi connectivity index (χ2v) is 4.23. The lowest BCUT2D eigenvalue weighted by Gasteiger charge is -2.00. The Morgan fingerprint density at radius 1 is 1.57 bits per heavy atom. The molecular weight excluding hydrogens is 293 g/mol. The van der Waals surface area contributed by atoms with Crippen LogP contribution in [0.25, 0.3) is 0 Å². The molecule has 0 fully saturated rings. The van der Waals surface area contributed by atoms with E-state index in [2.05, 4.69) is 32.7 Å². The minimum atomic E-state index is 0.621. The molecule has 2 heterocycles. The molecule has 2 N–H and O–H groups in total. The van der Waals surface area contributed by atoms with Crippen molar-refractivity contribution in [3.8, 4) is 0 Å². The zero-order valence-electron chi connectivity index (χ0n) is 7.68. The summed E-state index contributed by atoms with van der Waals surface area (Å²) in [5, 5.41) is 4.15. The molecule has 6 heteroatoms. The summed E-state index contributed by atoms with van der Waals surface area (Å²) in [7, 11) is 1.94. The number of aromatic nitrogens is 4. The van der Waals surface area contributed by atoms with E-state index in [4.69, 9.17) is 5.73 Å². The fourth-order valence-corrected chi connectivity index (χ4v) is 1.60. The molecule has 0 aliphatic rings. The van der Waals surface area contributed by atoms with Gasteiger partial charge in [0, 0.05) is 13.2 Å². The van der Waals surface area contributed by atoms with Crippen molar-refractivity contribution in [3.63, 3.8) is 0 Å². The number of halogens is 1. The van der Waals surface area contributed by atoms with Gasteiger partial charge in [-0.1, -0.05) is 0 Å². The third-order valence-corrected chi connectivity index (χ3v) is 2.73. The van der Waals surface area contributed by atoms with Crippen molar-refractivity contribution in [2.75, 3.05) is 5.73 Å². The van der Waals surface area contributed by atoms with Gasteiger partial charge in [0.05, 0.1) is 28.3 Å². The van der Waals surface area contributed by atoms with Crippen molar-refractivity contribution >= 4 is 28.4 Å². The predicted molar refractivity (Wildman–Crippen MR) is 61.7 cm³/mol. The number of hydrogen-bond donors (Lipinski definition) is 1. The number of hydrogen-bond acceptors (Lipinski definition) is 3. The monoisotopic (exact) mass is 303 g/mol. The second kappa shape index (κ2) is 3.60. The van der Waals surface area contributed by atoms with E-state index in [1.165, 1.54) is 0 Å². The van der Waals surface area contributed by atoms with E-state index in [0.717, 1.165) is 9.26 Å². The first-order chi connectivity index (χ1) is 6.66. The van der Waals surface area contributed by atoms with Gasteiger partial charge in [-0.15, -0.1) is 0 Å². The van der Waals surface area contributed by atoms with E-state index in [1.807, 2.05) is 17.8 Å². The second-order valence-electron chi connectivity index (χ2n) is 3.07. The Balaban J connectivity index is 2.22. The van der Waals surface area contributed by atoms with Crippen LogP contribution in [0.4, 0.5) is 5.82 Å². The fourth-order valence-electron chi connectivity index (χ4n) is 1.20. The number of nitrogen functional groups attached to an aromatic ring is 1. The van der Waals surface area contributed by atoms with E-state index < -0.39 is 0 Å². The molecule has 14 heavy (non-hydrogen) atoms. The van der Waals surface area contributed by atoms with Gasteiger partial charge in [-0.25, -0.2) is 9.67 Å². The summed E-state index contributed by atoms with van der Waals surface area (Å²) >= 11 is 2.16. The van der Waals surface area contributed by atoms with Crippen LogP contribution in [0.3, 0.4) is 0 Å². The molecule has 0 aliphatic heterocycles. The molecule has 0 atom stereocenters. The minimum absolute atomic E-state index is 0.621. The van der Waals surface area contributed by atoms with Crippen molar-refractivity contribution < 1.29 is 0 Å². The normalized spacial score (nSPS) is 10.7. The van der Waals surface area contributed by atoms with Gasteiger partial charge in [0.25, 0.3) is 0 Å². The third kappa shape index (κ3) is 1.74. The van der Waals surface area contributed by atoms with Crippen LogP contribution in [0.5, 0.6) is 0 Å². The minimum Gasteiger partial charge on any atom is -0.383 e. The maximum Gasteiger partial charge on any atom is 0.135 e. The molecular formula is C8H10IN5. The van der Waals surface area contributed by atoms with Crippen LogP contribution in [-0.2, 0) is 13.6 Å². The molecule has 0 spiro atoms. The Morgan fingerprint density at radius 2 is 2.36 bits per heavy atom. The van der Waals surface area contributed by atoms with Crippen LogP contribution in [-0.4, -0.2) is 19.3 Å². The number of nitrogens with zero attached hydrogens (tertiary/aromatic N) is 4. The lowest BCUT2D eigenvalue weighted by molar-refractivity contribution is 0.684. The Bertz CT molecular complexity index is 444. The van der Waals surface area contributed by atoms with Crippen LogP contribution in [0.1, 0.15) is 5.69 Å². The van der Waals surface area contributed by atoms with Crippen molar-refractivity contribution in [3.05, 3.63) is 28.0 Å². The van der Waals surface area contributed by atoms with Crippen LogP contribution in [0.15, 0.2) is 18.7 Å². The van der Waals surface area contributed by atoms with Crippen LogP contribution >= 0.6 is 22.6 Å². The zero-order chi connectivity index (χ0) is 10.1. The molecule has 0 saturated carbocycles. The topological polar surface area (TPSA) is 61.7 Å². The Morgan fingerprint density at radius 3 is 2.86 bits per heavy atom. The first kappa shape index (κ1) is 9.50. The highest BCUT2D eigenvalue weighted by atomic mass is 127. The zero-order valence-corrected chi connectivity index (χ0v) is 9.84. The average molecular weight is 303 g/mol. The van der Waals surface area contributed by atoms with Gasteiger partial charge in [-0.2, -0.15) is 5.10 Å². The van der Waals surface area contributed by atoms with Crippen molar-refractivity contribution in [1.29, 1.82) is 0 Å². The molecule has 0 radical (unpaired) electrons. The van der Waals surface area contributed by atoms with E-state index in [9.17, 15) is 0 Å². The summed E-state index contributed by atoms with van der Waals surface area (Å²) < 4.78 is 4.61. The van der Waals surface area contributed by atoms with Gasteiger partial charge in [-0.05, 0) is 22.6 Å². The standard InChI is InChI=1S/C8H10IN5/c1-13-3-6(11-5-13)4-14-8(10)7(9)2-12-14/h2-3,5H,4,10H2,1H3. The predicted octanol–water partition coefficient (Wildman–Crippen LogP) is 0.852. The SMILES string of the molecule is Cn1cnc(Cn2ncc(I)c2N)c1. The lowest BCUT2D eigenvalue weighted by atomic mass is 10.5. The molecule has 2 aromatic rings. The molecule has 0 bridgehead atoms. The fraction of sp³-hybridized carbons (Fsp3) is 0.250. The molecule has 0 amide bonds. The van der Waals surface area contributed by atoms with Gasteiger partial charge in [-0.3, -0.25) is 0 Å². The number of anilines is 1. The lowest BCUT2D eigenvalue weighted by Crippen LogP contribution is -2.06. The molecule has 2 rings (SSSR count). The highest BCUT2D eigenvalue weighted by Crippen LogP contribution is 2.14. The summed E-state index contributed by atoms with van der Waals surface area (Å²) in [6.45, 7) is 0.621. The summed E-state index contributed by atoms with van der Waals surface area (Å²) in [5.74, 6) is 0.691. The largest absolute Gasteiger partial charge is 0.383 e. The van der Waals surface area contributed by atoms with E-state index in [-0.39, 0.29) is 0 Å². The third-order valence-electron chi connectivity index (χ3n) is 1.90. The molecule has 74 valence electrons. The van der Waals surface area contributed by atoms with Gasteiger partial charge in [0.2, 0.25) is 0 Å². The molecule has 0 aromatic carbocycles. The first-order valence-electron chi connectivity index (χ1n) is 4.10. The molecule has 0 unspecified atom stereocenters. The van der Waals surface area contributed by atoms with E-state index in [0.29, 0.717) is 12.4 Å². The maximum atomic E-state index is 5.82. The summed E-state index contributed by atoms with van der Waals surface area (Å²) in [6, 6.07) is 0. The van der Waals surface area contributed by atoms with Gasteiger partial charge < -0.3 is 10.3 Å². The Kier molecular flexibility index (Phi) is 2.44. The number of rotatable bonds is 2. The van der Waals surface area contributed by atoms with E-state index >= 15 is 0 Å². The molecule has 0 aliphatic carbocycles. The number of nitrogens with two attached hydrogens (primary N) is 1. The number of aryl methyl sites for hydroxylation is 1. The van der Waals surface area contributed by atoms with Crippen LogP contribution in [0, 0.1) is 3.57 Å². The van der Waals surface area contributed by atoms with Gasteiger partial charge in [0.15, 0.2) is 0 Å². The van der Waals surface area contributed by atoms with Gasteiger partial charge in [0.1, 0.15) is 5.82 Å². The smallest absolute Gasteiger partial charge is 0.135 e. The summed E-state index contributed by atoms with van der Waals surface area (Å²) in [4.78, 5) is 4.21. The molecule has 5 nitrogen and oxygen atoms in total. The first-order valence-corrected chi connectivity index (χ1v) is 5.18. The van der Waals surface area contributed by atoms with E-state index in [1.54, 1.807) is 17.2 Å². The van der Waals surface area contributed by atoms with Crippen LogP contribution in [0.2, 0.25) is 0 Å². The van der Waals surface area contributed by atoms with Crippen molar-refractivity contribution in [2.45, 2.75) is 6.54 Å². The Labute approximate surface area is 95.1 Å². The van der Waals surface area contributed by atoms with Crippen LogP contribution < -0.4 is 5.73 Å².